The Morgan fingerprint density at radius 1 is 1.11 bits per heavy atom. The topological polar surface area (TPSA) is 84.9 Å². The lowest BCUT2D eigenvalue weighted by Crippen LogP contribution is -2.12. The Kier molecular flexibility index (Phi) is 7.60. The zero-order valence-electron chi connectivity index (χ0n) is 15.2. The molecule has 6 nitrogen and oxygen atoms in total. The minimum atomic E-state index is -1.45. The van der Waals surface area contributed by atoms with Gasteiger partial charge in [-0.1, -0.05) is 12.1 Å². The molecule has 146 valence electrons. The van der Waals surface area contributed by atoms with E-state index in [1.807, 2.05) is 24.3 Å². The van der Waals surface area contributed by atoms with Crippen molar-refractivity contribution in [2.45, 2.75) is 19.3 Å². The largest absolute Gasteiger partial charge is 0.497 e. The van der Waals surface area contributed by atoms with Gasteiger partial charge in [0.15, 0.2) is 5.75 Å². The third-order valence-electron chi connectivity index (χ3n) is 3.95. The van der Waals surface area contributed by atoms with Crippen LogP contribution >= 0.6 is 0 Å². The van der Waals surface area contributed by atoms with Crippen LogP contribution in [0.4, 0.5) is 10.1 Å². The van der Waals surface area contributed by atoms with Crippen molar-refractivity contribution >= 4 is 22.6 Å². The number of halogens is 1. The standard InChI is InChI=1S/C19H22FNO5S/c1-25-14-8-6-13(7-9-14)5-3-4-12-27(24)21-16-11-10-15(20)17(19(22)23)18(16)26-2/h6-11,21H,3-5,12H2,1-2H3,(H,22,23). The van der Waals surface area contributed by atoms with Crippen molar-refractivity contribution in [3.05, 3.63) is 53.3 Å². The van der Waals surface area contributed by atoms with Gasteiger partial charge in [-0.3, -0.25) is 0 Å². The van der Waals surface area contributed by atoms with E-state index in [1.54, 1.807) is 7.11 Å². The van der Waals surface area contributed by atoms with Gasteiger partial charge in [-0.25, -0.2) is 13.4 Å². The van der Waals surface area contributed by atoms with Crippen LogP contribution in [0.2, 0.25) is 0 Å². The van der Waals surface area contributed by atoms with Gasteiger partial charge < -0.3 is 19.3 Å². The molecular formula is C19H22FNO5S. The normalized spacial score (nSPS) is 11.7. The van der Waals surface area contributed by atoms with Gasteiger partial charge in [0.1, 0.15) is 28.1 Å². The molecule has 2 N–H and O–H groups in total. The number of aromatic carboxylic acids is 1. The van der Waals surface area contributed by atoms with Crippen LogP contribution in [-0.4, -0.2) is 35.3 Å². The fourth-order valence-corrected chi connectivity index (χ4v) is 3.55. The summed E-state index contributed by atoms with van der Waals surface area (Å²) >= 11 is 0. The van der Waals surface area contributed by atoms with E-state index in [4.69, 9.17) is 14.6 Å². The first kappa shape index (κ1) is 20.7. The molecule has 0 aliphatic heterocycles. The Balaban J connectivity index is 1.88. The second kappa shape index (κ2) is 9.91. The molecule has 1 atom stereocenters. The molecule has 0 amide bonds. The first-order valence-electron chi connectivity index (χ1n) is 8.34. The van der Waals surface area contributed by atoms with E-state index in [-0.39, 0.29) is 11.4 Å². The van der Waals surface area contributed by atoms with Crippen molar-refractivity contribution in [1.82, 2.24) is 0 Å². The van der Waals surface area contributed by atoms with E-state index in [0.717, 1.165) is 24.7 Å². The number of methoxy groups -OCH3 is 2. The number of benzene rings is 2. The first-order chi connectivity index (χ1) is 13.0. The summed E-state index contributed by atoms with van der Waals surface area (Å²) in [7, 11) is 1.42. The smallest absolute Gasteiger partial charge is 0.342 e. The van der Waals surface area contributed by atoms with E-state index >= 15 is 0 Å². The van der Waals surface area contributed by atoms with Crippen LogP contribution in [-0.2, 0) is 17.4 Å². The molecule has 0 heterocycles. The Labute approximate surface area is 159 Å². The predicted molar refractivity (Wildman–Crippen MR) is 102 cm³/mol. The summed E-state index contributed by atoms with van der Waals surface area (Å²) in [6.07, 6.45) is 2.41. The summed E-state index contributed by atoms with van der Waals surface area (Å²) < 4.78 is 38.7. The number of carboxylic acid groups (broad SMARTS) is 1. The molecule has 2 rings (SSSR count). The summed E-state index contributed by atoms with van der Waals surface area (Å²) in [6, 6.07) is 10.1. The van der Waals surface area contributed by atoms with Crippen LogP contribution in [0.3, 0.4) is 0 Å². The van der Waals surface area contributed by atoms with Gasteiger partial charge in [0, 0.05) is 5.75 Å². The van der Waals surface area contributed by atoms with Gasteiger partial charge in [-0.2, -0.15) is 0 Å². The monoisotopic (exact) mass is 395 g/mol. The van der Waals surface area contributed by atoms with Gasteiger partial charge in [-0.05, 0) is 49.1 Å². The lowest BCUT2D eigenvalue weighted by Gasteiger charge is -2.13. The summed E-state index contributed by atoms with van der Waals surface area (Å²) in [5.41, 5.74) is 0.768. The number of rotatable bonds is 10. The molecule has 1 unspecified atom stereocenters. The fourth-order valence-electron chi connectivity index (χ4n) is 2.58. The average molecular weight is 395 g/mol. The van der Waals surface area contributed by atoms with Crippen molar-refractivity contribution in [2.24, 2.45) is 0 Å². The van der Waals surface area contributed by atoms with Crippen molar-refractivity contribution in [3.8, 4) is 11.5 Å². The second-order valence-electron chi connectivity index (χ2n) is 5.77. The number of carbonyl (C=O) groups is 1. The summed E-state index contributed by atoms with van der Waals surface area (Å²) in [5.74, 6) is -1.35. The van der Waals surface area contributed by atoms with Crippen LogP contribution in [0.15, 0.2) is 36.4 Å². The molecule has 8 heteroatoms. The molecule has 0 aliphatic carbocycles. The SMILES string of the molecule is COc1ccc(CCCCS(=O)Nc2ccc(F)c(C(=O)O)c2OC)cc1. The molecule has 27 heavy (non-hydrogen) atoms. The number of hydrogen-bond donors (Lipinski definition) is 2. The molecule has 0 aromatic heterocycles. The summed E-state index contributed by atoms with van der Waals surface area (Å²) in [6.45, 7) is 0. The number of anilines is 1. The Hall–Kier alpha value is -2.61. The molecule has 0 saturated carbocycles. The lowest BCUT2D eigenvalue weighted by molar-refractivity contribution is 0.0688. The molecule has 0 radical (unpaired) electrons. The molecule has 2 aromatic rings. The van der Waals surface area contributed by atoms with Crippen LogP contribution in [0.25, 0.3) is 0 Å². The number of aryl methyl sites for hydroxylation is 1. The highest BCUT2D eigenvalue weighted by atomic mass is 32.2. The lowest BCUT2D eigenvalue weighted by atomic mass is 10.1. The zero-order valence-corrected chi connectivity index (χ0v) is 16.0. The van der Waals surface area contributed by atoms with Gasteiger partial charge in [0.25, 0.3) is 0 Å². The average Bonchev–Trinajstić information content (AvgIpc) is 2.66. The van der Waals surface area contributed by atoms with Crippen LogP contribution in [0.1, 0.15) is 28.8 Å². The Morgan fingerprint density at radius 3 is 2.41 bits per heavy atom. The maximum atomic E-state index is 13.7. The molecular weight excluding hydrogens is 373 g/mol. The number of nitrogens with one attached hydrogen (secondary N) is 1. The van der Waals surface area contributed by atoms with Crippen LogP contribution < -0.4 is 14.2 Å². The predicted octanol–water partition coefficient (Wildman–Crippen LogP) is 3.64. The summed E-state index contributed by atoms with van der Waals surface area (Å²) in [5, 5.41) is 9.12. The number of unbranched alkanes of at least 4 members (excludes halogenated alkanes) is 1. The number of ether oxygens (including phenoxy) is 2. The van der Waals surface area contributed by atoms with E-state index < -0.39 is 28.3 Å². The molecule has 0 bridgehead atoms. The van der Waals surface area contributed by atoms with E-state index in [9.17, 15) is 13.4 Å². The highest BCUT2D eigenvalue weighted by molar-refractivity contribution is 7.86. The Bertz CT molecular complexity index is 810. The highest BCUT2D eigenvalue weighted by Crippen LogP contribution is 2.31. The number of carboxylic acids is 1. The van der Waals surface area contributed by atoms with E-state index in [2.05, 4.69) is 4.72 Å². The maximum Gasteiger partial charge on any atom is 0.342 e. The summed E-state index contributed by atoms with van der Waals surface area (Å²) in [4.78, 5) is 11.2. The minimum Gasteiger partial charge on any atom is -0.497 e. The molecule has 0 saturated heterocycles. The number of hydrogen-bond acceptors (Lipinski definition) is 4. The van der Waals surface area contributed by atoms with Gasteiger partial charge in [0.2, 0.25) is 0 Å². The fraction of sp³-hybridized carbons (Fsp3) is 0.316. The minimum absolute atomic E-state index is 0.172. The third kappa shape index (κ3) is 5.68. The van der Waals surface area contributed by atoms with Crippen molar-refractivity contribution in [2.75, 3.05) is 24.7 Å². The van der Waals surface area contributed by atoms with Gasteiger partial charge >= 0.3 is 5.97 Å². The third-order valence-corrected chi connectivity index (χ3v) is 5.06. The highest BCUT2D eigenvalue weighted by Gasteiger charge is 2.21. The molecule has 2 aromatic carbocycles. The first-order valence-corrected chi connectivity index (χ1v) is 9.66. The van der Waals surface area contributed by atoms with Crippen molar-refractivity contribution in [1.29, 1.82) is 0 Å². The van der Waals surface area contributed by atoms with E-state index in [1.165, 1.54) is 18.7 Å². The molecule has 0 aliphatic rings. The zero-order chi connectivity index (χ0) is 19.8. The van der Waals surface area contributed by atoms with Crippen molar-refractivity contribution < 1.29 is 28.0 Å². The second-order valence-corrected chi connectivity index (χ2v) is 7.07. The van der Waals surface area contributed by atoms with Gasteiger partial charge in [-0.15, -0.1) is 0 Å². The van der Waals surface area contributed by atoms with E-state index in [0.29, 0.717) is 12.2 Å². The Morgan fingerprint density at radius 2 is 1.81 bits per heavy atom. The quantitative estimate of drug-likeness (QED) is 0.600. The molecule has 0 fully saturated rings. The van der Waals surface area contributed by atoms with Crippen LogP contribution in [0, 0.1) is 5.82 Å². The molecule has 0 spiro atoms. The maximum absolute atomic E-state index is 13.7. The van der Waals surface area contributed by atoms with Crippen LogP contribution in [0.5, 0.6) is 11.5 Å². The van der Waals surface area contributed by atoms with Crippen molar-refractivity contribution in [3.63, 3.8) is 0 Å². The van der Waals surface area contributed by atoms with Gasteiger partial charge in [0.05, 0.1) is 19.9 Å².